The number of furan rings is 2. The molecule has 0 aliphatic rings. The first kappa shape index (κ1) is 26.8. The third-order valence-corrected chi connectivity index (χ3v) is 6.95. The zero-order valence-electron chi connectivity index (χ0n) is 19.9. The minimum Gasteiger partial charge on any atom is -0.484 e. The molecule has 5 rings (SSSR count). The molecule has 3 N–H and O–H groups in total. The number of nitro benzene ring substituents is 1. The van der Waals surface area contributed by atoms with E-state index in [1.165, 1.54) is 36.6 Å². The number of carbonyl (C=O) groups is 2. The zero-order chi connectivity index (χ0) is 28.6. The summed E-state index contributed by atoms with van der Waals surface area (Å²) in [6, 6.07) is 10.7. The third kappa shape index (κ3) is 5.21. The number of primary amides is 1. The minimum atomic E-state index is -2.91. The number of non-ortho nitro benzene ring substituents is 1. The first-order valence-corrected chi connectivity index (χ1v) is 12.4. The number of ether oxygens (including phenoxy) is 1. The molecule has 4 heterocycles. The van der Waals surface area contributed by atoms with E-state index in [4.69, 9.17) is 30.9 Å². The Kier molecular flexibility index (Phi) is 7.19. The van der Waals surface area contributed by atoms with Crippen molar-refractivity contribution in [1.29, 1.82) is 0 Å². The molecule has 2 amide bonds. The Morgan fingerprint density at radius 2 is 2.02 bits per heavy atom. The number of hydrogen-bond donors (Lipinski definition) is 2. The van der Waals surface area contributed by atoms with Crippen LogP contribution >= 0.6 is 22.9 Å². The molecule has 15 heteroatoms. The first-order valence-electron chi connectivity index (χ1n) is 11.2. The number of rotatable bonds is 9. The lowest BCUT2D eigenvalue weighted by Gasteiger charge is -2.09. The van der Waals surface area contributed by atoms with Crippen LogP contribution in [0, 0.1) is 10.1 Å². The molecule has 40 heavy (non-hydrogen) atoms. The standard InChI is InChI=1S/C25H15ClF2N4O7S/c26-14-5-3-11(32(35)36)8-18(14)38-10-12-4-6-17(39-12)24(34)31-20-19-13(16-2-1-7-37-16)9-15(22(27)28)30-25(19)40-21(20)23(29)33/h1-9,22H,10H2,(H2,29,33)(H,31,34). The van der Waals surface area contributed by atoms with Gasteiger partial charge in [-0.15, -0.1) is 11.3 Å². The van der Waals surface area contributed by atoms with Gasteiger partial charge in [0.15, 0.2) is 5.76 Å². The van der Waals surface area contributed by atoms with E-state index in [0.29, 0.717) is 0 Å². The predicted octanol–water partition coefficient (Wildman–Crippen LogP) is 6.58. The van der Waals surface area contributed by atoms with Crippen LogP contribution < -0.4 is 15.8 Å². The van der Waals surface area contributed by atoms with Crippen molar-refractivity contribution in [2.45, 2.75) is 13.0 Å². The zero-order valence-corrected chi connectivity index (χ0v) is 21.4. The maximum Gasteiger partial charge on any atom is 0.291 e. The van der Waals surface area contributed by atoms with Crippen molar-refractivity contribution in [2.75, 3.05) is 5.32 Å². The van der Waals surface area contributed by atoms with E-state index in [0.717, 1.165) is 23.5 Å². The van der Waals surface area contributed by atoms with Gasteiger partial charge in [0.2, 0.25) is 0 Å². The van der Waals surface area contributed by atoms with Gasteiger partial charge in [-0.2, -0.15) is 0 Å². The van der Waals surface area contributed by atoms with Gasteiger partial charge in [-0.05, 0) is 36.4 Å². The number of pyridine rings is 1. The predicted molar refractivity (Wildman–Crippen MR) is 140 cm³/mol. The van der Waals surface area contributed by atoms with Gasteiger partial charge in [0.25, 0.3) is 23.9 Å². The van der Waals surface area contributed by atoms with Gasteiger partial charge in [-0.3, -0.25) is 19.7 Å². The van der Waals surface area contributed by atoms with Crippen LogP contribution in [0.1, 0.15) is 38.1 Å². The summed E-state index contributed by atoms with van der Waals surface area (Å²) < 4.78 is 43.6. The van der Waals surface area contributed by atoms with Crippen LogP contribution in [0.15, 0.2) is 63.6 Å². The van der Waals surface area contributed by atoms with Crippen LogP contribution in [0.5, 0.6) is 5.75 Å². The number of hydrogen-bond acceptors (Lipinski definition) is 9. The number of alkyl halides is 2. The fourth-order valence-corrected chi connectivity index (χ4v) is 4.95. The number of nitrogens with one attached hydrogen (secondary N) is 1. The molecule has 0 aliphatic carbocycles. The normalized spacial score (nSPS) is 11.2. The molecular formula is C25H15ClF2N4O7S. The molecule has 11 nitrogen and oxygen atoms in total. The Hall–Kier alpha value is -4.82. The molecule has 0 spiro atoms. The van der Waals surface area contributed by atoms with E-state index in [2.05, 4.69) is 10.3 Å². The van der Waals surface area contributed by atoms with Gasteiger partial charge in [0, 0.05) is 17.0 Å². The van der Waals surface area contributed by atoms with Crippen LogP contribution in [0.2, 0.25) is 5.02 Å². The van der Waals surface area contributed by atoms with Gasteiger partial charge in [-0.25, -0.2) is 13.8 Å². The second kappa shape index (κ2) is 10.7. The highest BCUT2D eigenvalue weighted by Gasteiger charge is 2.26. The van der Waals surface area contributed by atoms with E-state index in [-0.39, 0.29) is 66.7 Å². The highest BCUT2D eigenvalue weighted by molar-refractivity contribution is 7.21. The van der Waals surface area contributed by atoms with E-state index in [1.54, 1.807) is 6.07 Å². The van der Waals surface area contributed by atoms with E-state index >= 15 is 0 Å². The number of fused-ring (bicyclic) bond motifs is 1. The van der Waals surface area contributed by atoms with Crippen LogP contribution in [0.4, 0.5) is 20.2 Å². The molecule has 204 valence electrons. The Bertz CT molecular complexity index is 1770. The largest absolute Gasteiger partial charge is 0.484 e. The number of nitrogens with two attached hydrogens (primary N) is 1. The quantitative estimate of drug-likeness (QED) is 0.144. The smallest absolute Gasteiger partial charge is 0.291 e. The van der Waals surface area contributed by atoms with Gasteiger partial charge >= 0.3 is 0 Å². The molecule has 0 saturated carbocycles. The second-order valence-electron chi connectivity index (χ2n) is 8.10. The van der Waals surface area contributed by atoms with Crippen LogP contribution in [0.25, 0.3) is 21.5 Å². The SMILES string of the molecule is NC(=O)c1sc2nc(C(F)F)cc(-c3ccco3)c2c1NC(=O)c1ccc(COc2cc([N+](=O)[O-])ccc2Cl)o1. The van der Waals surface area contributed by atoms with Crippen molar-refractivity contribution in [3.05, 3.63) is 92.0 Å². The monoisotopic (exact) mass is 588 g/mol. The maximum atomic E-state index is 13.6. The van der Waals surface area contributed by atoms with Crippen molar-refractivity contribution in [3.63, 3.8) is 0 Å². The van der Waals surface area contributed by atoms with Crippen molar-refractivity contribution in [3.8, 4) is 17.1 Å². The Labute approximate surface area is 231 Å². The second-order valence-corrected chi connectivity index (χ2v) is 9.51. The number of thiophene rings is 1. The average molecular weight is 589 g/mol. The lowest BCUT2D eigenvalue weighted by atomic mass is 10.1. The lowest BCUT2D eigenvalue weighted by Crippen LogP contribution is -2.16. The fraction of sp³-hybridized carbons (Fsp3) is 0.0800. The van der Waals surface area contributed by atoms with E-state index in [1.807, 2.05) is 0 Å². The summed E-state index contributed by atoms with van der Waals surface area (Å²) in [7, 11) is 0. The molecule has 4 aromatic heterocycles. The number of amides is 2. The summed E-state index contributed by atoms with van der Waals surface area (Å²) in [5.41, 5.74) is 4.88. The molecule has 0 atom stereocenters. The molecule has 1 aromatic carbocycles. The molecule has 5 aromatic rings. The van der Waals surface area contributed by atoms with Crippen LogP contribution in [-0.4, -0.2) is 21.7 Å². The average Bonchev–Trinajstić information content (AvgIpc) is 3.68. The lowest BCUT2D eigenvalue weighted by molar-refractivity contribution is -0.384. The highest BCUT2D eigenvalue weighted by Crippen LogP contribution is 2.42. The van der Waals surface area contributed by atoms with Gasteiger partial charge in [0.1, 0.15) is 39.3 Å². The summed E-state index contributed by atoms with van der Waals surface area (Å²) in [5, 5.41) is 13.9. The minimum absolute atomic E-state index is 0.0373. The maximum absolute atomic E-state index is 13.6. The van der Waals surface area contributed by atoms with Gasteiger partial charge < -0.3 is 24.6 Å². The summed E-state index contributed by atoms with van der Waals surface area (Å²) in [6.45, 7) is -0.217. The summed E-state index contributed by atoms with van der Waals surface area (Å²) in [6.07, 6.45) is -1.56. The molecule has 0 fully saturated rings. The van der Waals surface area contributed by atoms with Crippen LogP contribution in [-0.2, 0) is 6.61 Å². The van der Waals surface area contributed by atoms with E-state index in [9.17, 15) is 28.5 Å². The first-order chi connectivity index (χ1) is 19.1. The highest BCUT2D eigenvalue weighted by atomic mass is 35.5. The third-order valence-electron chi connectivity index (χ3n) is 5.54. The molecule has 0 bridgehead atoms. The van der Waals surface area contributed by atoms with Crippen LogP contribution in [0.3, 0.4) is 0 Å². The Morgan fingerprint density at radius 3 is 2.70 bits per heavy atom. The Balaban J connectivity index is 1.45. The number of nitro groups is 1. The van der Waals surface area contributed by atoms with Gasteiger partial charge in [-0.1, -0.05) is 11.6 Å². The molecule has 0 saturated heterocycles. The fourth-order valence-electron chi connectivity index (χ4n) is 3.77. The number of halogens is 3. The summed E-state index contributed by atoms with van der Waals surface area (Å²) in [5.74, 6) is -1.46. The van der Waals surface area contributed by atoms with Crippen molar-refractivity contribution in [1.82, 2.24) is 4.98 Å². The number of nitrogens with zero attached hydrogens (tertiary/aromatic N) is 2. The number of aromatic nitrogens is 1. The van der Waals surface area contributed by atoms with Gasteiger partial charge in [0.05, 0.1) is 28.0 Å². The Morgan fingerprint density at radius 1 is 1.23 bits per heavy atom. The molecule has 0 radical (unpaired) electrons. The van der Waals surface area contributed by atoms with E-state index < -0.39 is 28.9 Å². The molecule has 0 aliphatic heterocycles. The number of anilines is 1. The summed E-state index contributed by atoms with van der Waals surface area (Å²) >= 11 is 6.78. The number of carbonyl (C=O) groups excluding carboxylic acids is 2. The summed E-state index contributed by atoms with van der Waals surface area (Å²) in [4.78, 5) is 39.6. The van der Waals surface area contributed by atoms with Crippen molar-refractivity contribution >= 4 is 56.3 Å². The molecule has 0 unspecified atom stereocenters. The van der Waals surface area contributed by atoms with Crippen molar-refractivity contribution < 1.29 is 36.9 Å². The molecular weight excluding hydrogens is 574 g/mol. The number of benzene rings is 1. The topological polar surface area (TPSA) is 164 Å². The van der Waals surface area contributed by atoms with Crippen molar-refractivity contribution in [2.24, 2.45) is 5.73 Å².